The van der Waals surface area contributed by atoms with Crippen molar-refractivity contribution in [1.82, 2.24) is 14.6 Å². The molecule has 2 aromatic rings. The zero-order valence-corrected chi connectivity index (χ0v) is 10.8. The van der Waals surface area contributed by atoms with Crippen LogP contribution in [0, 0.1) is 0 Å². The smallest absolute Gasteiger partial charge is 0.153 e. The van der Waals surface area contributed by atoms with Gasteiger partial charge in [0, 0.05) is 16.7 Å². The summed E-state index contributed by atoms with van der Waals surface area (Å²) in [6.07, 6.45) is 7.67. The van der Waals surface area contributed by atoms with E-state index in [4.69, 9.17) is 0 Å². The van der Waals surface area contributed by atoms with Gasteiger partial charge in [-0.05, 0) is 37.8 Å². The van der Waals surface area contributed by atoms with E-state index in [0.29, 0.717) is 10.5 Å². The molecular weight excluding hydrogens is 246 g/mol. The highest BCUT2D eigenvalue weighted by molar-refractivity contribution is 8.00. The number of aliphatic hydroxyl groups is 1. The molecule has 4 rings (SSSR count). The Kier molecular flexibility index (Phi) is 2.23. The summed E-state index contributed by atoms with van der Waals surface area (Å²) in [5, 5.41) is 16.5. The first-order valence-corrected chi connectivity index (χ1v) is 7.36. The Morgan fingerprint density at radius 3 is 2.89 bits per heavy atom. The predicted molar refractivity (Wildman–Crippen MR) is 70.5 cm³/mol. The summed E-state index contributed by atoms with van der Waals surface area (Å²) < 4.78 is 1.79. The Balaban J connectivity index is 1.82. The Hall–Kier alpha value is -1.07. The highest BCUT2D eigenvalue weighted by atomic mass is 32.2. The van der Waals surface area contributed by atoms with Gasteiger partial charge in [-0.25, -0.2) is 9.50 Å². The average Bonchev–Trinajstić information content (AvgIpc) is 2.93. The molecule has 0 radical (unpaired) electrons. The minimum atomic E-state index is -0.745. The summed E-state index contributed by atoms with van der Waals surface area (Å²) in [5.74, 6) is 0. The molecule has 0 aliphatic carbocycles. The van der Waals surface area contributed by atoms with Crippen molar-refractivity contribution < 1.29 is 5.11 Å². The number of aromatic nitrogens is 3. The third-order valence-electron chi connectivity index (χ3n) is 4.08. The fourth-order valence-corrected chi connectivity index (χ4v) is 5.11. The first-order chi connectivity index (χ1) is 8.74. The second kappa shape index (κ2) is 3.71. The molecule has 2 aliphatic heterocycles. The van der Waals surface area contributed by atoms with Crippen molar-refractivity contribution >= 4 is 17.4 Å². The molecule has 2 unspecified atom stereocenters. The molecule has 2 aliphatic rings. The SMILES string of the molecule is OC1(c2cnc3cccnn23)CC2CCC(C1)S2. The number of thioether (sulfide) groups is 1. The minimum Gasteiger partial charge on any atom is -0.383 e. The van der Waals surface area contributed by atoms with Crippen molar-refractivity contribution in [2.24, 2.45) is 0 Å². The van der Waals surface area contributed by atoms with E-state index in [1.165, 1.54) is 12.8 Å². The van der Waals surface area contributed by atoms with Gasteiger partial charge in [0.2, 0.25) is 0 Å². The van der Waals surface area contributed by atoms with Gasteiger partial charge in [-0.1, -0.05) is 0 Å². The molecular formula is C13H15N3OS. The Bertz CT molecular complexity index is 585. The van der Waals surface area contributed by atoms with E-state index in [1.807, 2.05) is 23.9 Å². The van der Waals surface area contributed by atoms with Crippen LogP contribution < -0.4 is 0 Å². The molecule has 2 aromatic heterocycles. The molecule has 2 fully saturated rings. The van der Waals surface area contributed by atoms with Crippen molar-refractivity contribution in [3.05, 3.63) is 30.2 Å². The summed E-state index contributed by atoms with van der Waals surface area (Å²) in [6.45, 7) is 0. The lowest BCUT2D eigenvalue weighted by Crippen LogP contribution is -2.36. The largest absolute Gasteiger partial charge is 0.383 e. The number of nitrogens with zero attached hydrogens (tertiary/aromatic N) is 3. The second-order valence-electron chi connectivity index (χ2n) is 5.33. The number of rotatable bonds is 1. The quantitative estimate of drug-likeness (QED) is 0.852. The maximum Gasteiger partial charge on any atom is 0.153 e. The van der Waals surface area contributed by atoms with Crippen molar-refractivity contribution in [3.63, 3.8) is 0 Å². The molecule has 4 heterocycles. The predicted octanol–water partition coefficient (Wildman–Crippen LogP) is 1.97. The minimum absolute atomic E-state index is 0.600. The van der Waals surface area contributed by atoms with Gasteiger partial charge in [0.1, 0.15) is 5.60 Å². The summed E-state index contributed by atoms with van der Waals surface area (Å²) >= 11 is 2.05. The molecule has 0 amide bonds. The standard InChI is InChI=1S/C13H15N3OS/c17-13(6-9-3-4-10(7-13)18-9)11-8-14-12-2-1-5-15-16(11)12/h1-2,5,8-10,17H,3-4,6-7H2. The van der Waals surface area contributed by atoms with Crippen LogP contribution >= 0.6 is 11.8 Å². The van der Waals surface area contributed by atoms with Crippen LogP contribution in [0.15, 0.2) is 24.5 Å². The lowest BCUT2D eigenvalue weighted by molar-refractivity contribution is 0.0136. The van der Waals surface area contributed by atoms with E-state index < -0.39 is 5.60 Å². The van der Waals surface area contributed by atoms with Crippen molar-refractivity contribution in [2.75, 3.05) is 0 Å². The molecule has 2 atom stereocenters. The van der Waals surface area contributed by atoms with Crippen molar-refractivity contribution in [1.29, 1.82) is 0 Å². The molecule has 0 aromatic carbocycles. The number of hydrogen-bond donors (Lipinski definition) is 1. The molecule has 2 saturated heterocycles. The summed E-state index contributed by atoms with van der Waals surface area (Å²) in [4.78, 5) is 4.34. The first-order valence-electron chi connectivity index (χ1n) is 6.42. The van der Waals surface area contributed by atoms with E-state index in [0.717, 1.165) is 24.2 Å². The van der Waals surface area contributed by atoms with Crippen LogP contribution in [0.5, 0.6) is 0 Å². The van der Waals surface area contributed by atoms with E-state index in [2.05, 4.69) is 10.1 Å². The highest BCUT2D eigenvalue weighted by Crippen LogP contribution is 2.51. The van der Waals surface area contributed by atoms with Crippen LogP contribution in [-0.2, 0) is 5.60 Å². The molecule has 1 N–H and O–H groups in total. The number of hydrogen-bond acceptors (Lipinski definition) is 4. The molecule has 5 heteroatoms. The monoisotopic (exact) mass is 261 g/mol. The van der Waals surface area contributed by atoms with Gasteiger partial charge in [-0.15, -0.1) is 0 Å². The van der Waals surface area contributed by atoms with Gasteiger partial charge >= 0.3 is 0 Å². The van der Waals surface area contributed by atoms with Gasteiger partial charge in [0.05, 0.1) is 11.9 Å². The number of fused-ring (bicyclic) bond motifs is 3. The van der Waals surface area contributed by atoms with E-state index in [1.54, 1.807) is 16.9 Å². The fourth-order valence-electron chi connectivity index (χ4n) is 3.27. The number of imidazole rings is 1. The Labute approximate surface area is 109 Å². The van der Waals surface area contributed by atoms with Crippen LogP contribution in [0.25, 0.3) is 5.65 Å². The fraction of sp³-hybridized carbons (Fsp3) is 0.538. The zero-order valence-electron chi connectivity index (χ0n) is 9.99. The topological polar surface area (TPSA) is 50.4 Å². The van der Waals surface area contributed by atoms with Gasteiger partial charge in [0.25, 0.3) is 0 Å². The van der Waals surface area contributed by atoms with Crippen LogP contribution in [0.2, 0.25) is 0 Å². The molecule has 2 bridgehead atoms. The first kappa shape index (κ1) is 10.8. The Morgan fingerprint density at radius 1 is 1.33 bits per heavy atom. The highest BCUT2D eigenvalue weighted by Gasteiger charge is 2.46. The zero-order chi connectivity index (χ0) is 12.2. The van der Waals surface area contributed by atoms with Gasteiger partial charge in [-0.3, -0.25) is 0 Å². The van der Waals surface area contributed by atoms with Gasteiger partial charge in [0.15, 0.2) is 5.65 Å². The van der Waals surface area contributed by atoms with Crippen LogP contribution in [0.4, 0.5) is 0 Å². The Morgan fingerprint density at radius 2 is 2.11 bits per heavy atom. The van der Waals surface area contributed by atoms with Crippen LogP contribution in [0.1, 0.15) is 31.4 Å². The van der Waals surface area contributed by atoms with Crippen LogP contribution in [-0.4, -0.2) is 30.2 Å². The van der Waals surface area contributed by atoms with E-state index >= 15 is 0 Å². The van der Waals surface area contributed by atoms with Crippen molar-refractivity contribution in [3.8, 4) is 0 Å². The molecule has 0 spiro atoms. The third kappa shape index (κ3) is 1.50. The lowest BCUT2D eigenvalue weighted by Gasteiger charge is -2.35. The molecule has 4 nitrogen and oxygen atoms in total. The molecule has 0 saturated carbocycles. The summed E-state index contributed by atoms with van der Waals surface area (Å²) in [7, 11) is 0. The lowest BCUT2D eigenvalue weighted by atomic mass is 9.90. The van der Waals surface area contributed by atoms with Gasteiger partial charge < -0.3 is 5.11 Å². The molecule has 94 valence electrons. The third-order valence-corrected chi connectivity index (χ3v) is 5.66. The summed E-state index contributed by atoms with van der Waals surface area (Å²) in [6, 6.07) is 3.79. The summed E-state index contributed by atoms with van der Waals surface area (Å²) in [5.41, 5.74) is 0.923. The molecule has 18 heavy (non-hydrogen) atoms. The van der Waals surface area contributed by atoms with E-state index in [9.17, 15) is 5.11 Å². The van der Waals surface area contributed by atoms with Gasteiger partial charge in [-0.2, -0.15) is 16.9 Å². The second-order valence-corrected chi connectivity index (χ2v) is 6.94. The van der Waals surface area contributed by atoms with Crippen LogP contribution in [0.3, 0.4) is 0 Å². The van der Waals surface area contributed by atoms with Crippen molar-refractivity contribution in [2.45, 2.75) is 41.8 Å². The normalized spacial score (nSPS) is 35.2. The maximum absolute atomic E-state index is 11.0. The average molecular weight is 261 g/mol. The maximum atomic E-state index is 11.0. The van der Waals surface area contributed by atoms with E-state index in [-0.39, 0.29) is 0 Å².